The van der Waals surface area contributed by atoms with Crippen LogP contribution in [0.25, 0.3) is 0 Å². The van der Waals surface area contributed by atoms with Crippen LogP contribution in [0.15, 0.2) is 24.3 Å². The minimum Gasteiger partial charge on any atom is -0.329 e. The van der Waals surface area contributed by atoms with Gasteiger partial charge in [0, 0.05) is 17.5 Å². The molecule has 0 unspecified atom stereocenters. The van der Waals surface area contributed by atoms with Crippen LogP contribution < -0.4 is 5.73 Å². The van der Waals surface area contributed by atoms with Gasteiger partial charge in [-0.15, -0.1) is 0 Å². The van der Waals surface area contributed by atoms with Crippen LogP contribution in [0.5, 0.6) is 0 Å². The van der Waals surface area contributed by atoms with Gasteiger partial charge in [-0.2, -0.15) is 0 Å². The minimum absolute atomic E-state index is 0.238. The maximum absolute atomic E-state index is 12.5. The van der Waals surface area contributed by atoms with Crippen LogP contribution >= 0.6 is 0 Å². The molecule has 2 nitrogen and oxygen atoms in total. The summed E-state index contributed by atoms with van der Waals surface area (Å²) in [6, 6.07) is 8.29. The fraction of sp³-hybridized carbons (Fsp3) is 0.562. The van der Waals surface area contributed by atoms with Crippen LogP contribution in [0.3, 0.4) is 0 Å². The highest BCUT2D eigenvalue weighted by atomic mass is 16.1. The molecule has 0 aliphatic heterocycles. The van der Waals surface area contributed by atoms with Gasteiger partial charge in [-0.05, 0) is 37.2 Å². The first kappa shape index (κ1) is 11.9. The molecule has 2 saturated carbocycles. The average molecular weight is 243 g/mol. The molecule has 2 N–H and O–H groups in total. The molecule has 0 atom stereocenters. The molecule has 3 rings (SSSR count). The van der Waals surface area contributed by atoms with Gasteiger partial charge in [-0.3, -0.25) is 4.79 Å². The van der Waals surface area contributed by atoms with Crippen LogP contribution in [0, 0.1) is 5.41 Å². The fourth-order valence-corrected chi connectivity index (χ4v) is 3.08. The van der Waals surface area contributed by atoms with Gasteiger partial charge in [0.15, 0.2) is 5.78 Å². The average Bonchev–Trinajstić information content (AvgIpc) is 2.27. The smallest absolute Gasteiger partial charge is 0.170 e. The van der Waals surface area contributed by atoms with Crippen molar-refractivity contribution in [1.29, 1.82) is 0 Å². The van der Waals surface area contributed by atoms with Crippen molar-refractivity contribution in [3.63, 3.8) is 0 Å². The Labute approximate surface area is 109 Å². The van der Waals surface area contributed by atoms with Crippen molar-refractivity contribution < 1.29 is 4.79 Å². The maximum Gasteiger partial charge on any atom is 0.170 e. The molecule has 0 bridgehead atoms. The molecule has 18 heavy (non-hydrogen) atoms. The van der Waals surface area contributed by atoms with Crippen molar-refractivity contribution in [2.75, 3.05) is 6.54 Å². The first-order valence-corrected chi connectivity index (χ1v) is 7.10. The molecule has 0 aromatic heterocycles. The number of ketones is 1. The van der Waals surface area contributed by atoms with Gasteiger partial charge in [0.25, 0.3) is 0 Å². The Balaban J connectivity index is 1.77. The van der Waals surface area contributed by atoms with E-state index in [9.17, 15) is 4.79 Å². The summed E-state index contributed by atoms with van der Waals surface area (Å²) in [6.45, 7) is 0.496. The van der Waals surface area contributed by atoms with Gasteiger partial charge in [0.2, 0.25) is 0 Å². The predicted molar refractivity (Wildman–Crippen MR) is 72.7 cm³/mol. The normalized spacial score (nSPS) is 22.1. The number of benzene rings is 1. The van der Waals surface area contributed by atoms with E-state index >= 15 is 0 Å². The summed E-state index contributed by atoms with van der Waals surface area (Å²) in [5.41, 5.74) is 7.80. The summed E-state index contributed by atoms with van der Waals surface area (Å²) in [5.74, 6) is 0.998. The molecule has 2 heteroatoms. The zero-order chi connectivity index (χ0) is 12.6. The molecule has 2 fully saturated rings. The van der Waals surface area contributed by atoms with Crippen molar-refractivity contribution in [2.24, 2.45) is 11.1 Å². The molecular weight excluding hydrogens is 222 g/mol. The van der Waals surface area contributed by atoms with E-state index in [1.165, 1.54) is 24.8 Å². The second kappa shape index (κ2) is 4.51. The topological polar surface area (TPSA) is 43.1 Å². The lowest BCUT2D eigenvalue weighted by Gasteiger charge is -2.39. The van der Waals surface area contributed by atoms with E-state index in [-0.39, 0.29) is 11.2 Å². The lowest BCUT2D eigenvalue weighted by molar-refractivity contribution is 0.0636. The van der Waals surface area contributed by atoms with Crippen molar-refractivity contribution in [1.82, 2.24) is 0 Å². The van der Waals surface area contributed by atoms with Gasteiger partial charge in [-0.1, -0.05) is 37.1 Å². The standard InChI is InChI=1S/C16H21NO/c17-11-16(9-2-10-16)15(18)14-7-5-13(6-8-14)12-3-1-4-12/h5-8,12H,1-4,9-11,17H2. The lowest BCUT2D eigenvalue weighted by atomic mass is 9.64. The van der Waals surface area contributed by atoms with E-state index in [2.05, 4.69) is 12.1 Å². The zero-order valence-electron chi connectivity index (χ0n) is 10.8. The van der Waals surface area contributed by atoms with Gasteiger partial charge in [0.05, 0.1) is 0 Å². The Morgan fingerprint density at radius 2 is 1.83 bits per heavy atom. The first-order valence-electron chi connectivity index (χ1n) is 7.10. The van der Waals surface area contributed by atoms with Gasteiger partial charge in [0.1, 0.15) is 0 Å². The van der Waals surface area contributed by atoms with Crippen LogP contribution in [0.4, 0.5) is 0 Å². The van der Waals surface area contributed by atoms with E-state index in [4.69, 9.17) is 5.73 Å². The number of Topliss-reactive ketones (excluding diaryl/α,β-unsaturated/α-hetero) is 1. The quantitative estimate of drug-likeness (QED) is 0.825. The Morgan fingerprint density at radius 3 is 2.22 bits per heavy atom. The summed E-state index contributed by atoms with van der Waals surface area (Å²) >= 11 is 0. The van der Waals surface area contributed by atoms with E-state index in [1.807, 2.05) is 12.1 Å². The predicted octanol–water partition coefficient (Wildman–Crippen LogP) is 3.27. The number of hydrogen-bond acceptors (Lipinski definition) is 2. The number of hydrogen-bond donors (Lipinski definition) is 1. The Kier molecular flexibility index (Phi) is 2.98. The third-order valence-corrected chi connectivity index (χ3v) is 4.93. The van der Waals surface area contributed by atoms with Gasteiger partial charge >= 0.3 is 0 Å². The third kappa shape index (κ3) is 1.79. The molecule has 0 spiro atoms. The van der Waals surface area contributed by atoms with E-state index in [1.54, 1.807) is 0 Å². The molecule has 2 aliphatic carbocycles. The summed E-state index contributed by atoms with van der Waals surface area (Å²) < 4.78 is 0. The van der Waals surface area contributed by atoms with E-state index in [0.717, 1.165) is 30.7 Å². The van der Waals surface area contributed by atoms with Crippen LogP contribution in [0.1, 0.15) is 60.4 Å². The number of carbonyl (C=O) groups is 1. The molecule has 1 aromatic carbocycles. The molecule has 0 saturated heterocycles. The van der Waals surface area contributed by atoms with Crippen molar-refractivity contribution in [3.05, 3.63) is 35.4 Å². The largest absolute Gasteiger partial charge is 0.329 e. The summed E-state index contributed by atoms with van der Waals surface area (Å²) in [7, 11) is 0. The molecule has 0 radical (unpaired) electrons. The fourth-order valence-electron chi connectivity index (χ4n) is 3.08. The summed E-state index contributed by atoms with van der Waals surface area (Å²) in [5, 5.41) is 0. The second-order valence-electron chi connectivity index (χ2n) is 5.92. The molecular formula is C16H21NO. The number of carbonyl (C=O) groups excluding carboxylic acids is 1. The van der Waals surface area contributed by atoms with Gasteiger partial charge in [-0.25, -0.2) is 0 Å². The lowest BCUT2D eigenvalue weighted by Crippen LogP contribution is -2.44. The Hall–Kier alpha value is -1.15. The Bertz CT molecular complexity index is 435. The second-order valence-corrected chi connectivity index (χ2v) is 5.92. The molecule has 0 heterocycles. The molecule has 0 amide bonds. The highest BCUT2D eigenvalue weighted by Crippen LogP contribution is 2.43. The Morgan fingerprint density at radius 1 is 1.17 bits per heavy atom. The SMILES string of the molecule is NCC1(C(=O)c2ccc(C3CCC3)cc2)CCC1. The third-order valence-electron chi connectivity index (χ3n) is 4.93. The van der Waals surface area contributed by atoms with Crippen LogP contribution in [-0.2, 0) is 0 Å². The monoisotopic (exact) mass is 243 g/mol. The molecule has 96 valence electrons. The zero-order valence-corrected chi connectivity index (χ0v) is 10.8. The molecule has 2 aliphatic rings. The van der Waals surface area contributed by atoms with Crippen molar-refractivity contribution >= 4 is 5.78 Å². The van der Waals surface area contributed by atoms with Crippen molar-refractivity contribution in [2.45, 2.75) is 44.4 Å². The summed E-state index contributed by atoms with van der Waals surface area (Å²) in [6.07, 6.45) is 7.03. The highest BCUT2D eigenvalue weighted by Gasteiger charge is 2.42. The summed E-state index contributed by atoms with van der Waals surface area (Å²) in [4.78, 5) is 12.5. The minimum atomic E-state index is -0.238. The number of nitrogens with two attached hydrogens (primary N) is 1. The van der Waals surface area contributed by atoms with Crippen LogP contribution in [-0.4, -0.2) is 12.3 Å². The number of rotatable bonds is 4. The maximum atomic E-state index is 12.5. The molecule has 1 aromatic rings. The van der Waals surface area contributed by atoms with Gasteiger partial charge < -0.3 is 5.73 Å². The van der Waals surface area contributed by atoms with Crippen LogP contribution in [0.2, 0.25) is 0 Å². The van der Waals surface area contributed by atoms with E-state index in [0.29, 0.717) is 6.54 Å². The van der Waals surface area contributed by atoms with Crippen molar-refractivity contribution in [3.8, 4) is 0 Å². The first-order chi connectivity index (χ1) is 8.75. The van der Waals surface area contributed by atoms with E-state index < -0.39 is 0 Å². The highest BCUT2D eigenvalue weighted by molar-refractivity contribution is 6.01.